The van der Waals surface area contributed by atoms with E-state index in [1.807, 2.05) is 13.8 Å². The van der Waals surface area contributed by atoms with E-state index in [0.717, 1.165) is 11.1 Å². The van der Waals surface area contributed by atoms with Gasteiger partial charge < -0.3 is 5.73 Å². The Kier molecular flexibility index (Phi) is 3.85. The molecule has 0 bridgehead atoms. The Labute approximate surface area is 111 Å². The number of rotatable bonds is 4. The molecule has 19 heavy (non-hydrogen) atoms. The Bertz CT molecular complexity index is 628. The lowest BCUT2D eigenvalue weighted by atomic mass is 10.1. The summed E-state index contributed by atoms with van der Waals surface area (Å²) in [6.07, 6.45) is 3.46. The van der Waals surface area contributed by atoms with E-state index >= 15 is 0 Å². The van der Waals surface area contributed by atoms with Gasteiger partial charge in [0, 0.05) is 25.0 Å². The predicted molar refractivity (Wildman–Crippen MR) is 72.5 cm³/mol. The standard InChI is InChI=1S/C14H18FN3O/c1-10(2)18-6-5-17(14(18)19)9-12-7-13(15)4-3-11(12)8-16/h3-7,10H,8-9,16H2,1-2H3. The van der Waals surface area contributed by atoms with Gasteiger partial charge in [0.15, 0.2) is 0 Å². The van der Waals surface area contributed by atoms with Crippen molar-refractivity contribution in [2.75, 3.05) is 0 Å². The van der Waals surface area contributed by atoms with Crippen molar-refractivity contribution in [1.29, 1.82) is 0 Å². The first-order valence-corrected chi connectivity index (χ1v) is 6.27. The van der Waals surface area contributed by atoms with E-state index in [1.54, 1.807) is 27.6 Å². The zero-order valence-electron chi connectivity index (χ0n) is 11.1. The fourth-order valence-corrected chi connectivity index (χ4v) is 2.07. The van der Waals surface area contributed by atoms with Crippen LogP contribution in [0.25, 0.3) is 0 Å². The molecule has 0 spiro atoms. The molecule has 1 heterocycles. The van der Waals surface area contributed by atoms with Crippen LogP contribution in [0.1, 0.15) is 31.0 Å². The second-order valence-corrected chi connectivity index (χ2v) is 4.83. The molecule has 4 nitrogen and oxygen atoms in total. The second-order valence-electron chi connectivity index (χ2n) is 4.83. The molecule has 0 aliphatic carbocycles. The molecule has 102 valence electrons. The fraction of sp³-hybridized carbons (Fsp3) is 0.357. The SMILES string of the molecule is CC(C)n1ccn(Cc2cc(F)ccc2CN)c1=O. The van der Waals surface area contributed by atoms with Gasteiger partial charge in [-0.1, -0.05) is 6.07 Å². The van der Waals surface area contributed by atoms with E-state index in [0.29, 0.717) is 13.1 Å². The number of hydrogen-bond donors (Lipinski definition) is 1. The minimum absolute atomic E-state index is 0.0952. The number of halogens is 1. The molecule has 2 N–H and O–H groups in total. The molecule has 0 saturated heterocycles. The van der Waals surface area contributed by atoms with Gasteiger partial charge in [-0.05, 0) is 37.1 Å². The quantitative estimate of drug-likeness (QED) is 0.915. The summed E-state index contributed by atoms with van der Waals surface area (Å²) in [6.45, 7) is 4.55. The van der Waals surface area contributed by atoms with Crippen molar-refractivity contribution in [3.63, 3.8) is 0 Å². The highest BCUT2D eigenvalue weighted by atomic mass is 19.1. The van der Waals surface area contributed by atoms with Crippen LogP contribution in [-0.2, 0) is 13.1 Å². The van der Waals surface area contributed by atoms with Crippen molar-refractivity contribution in [1.82, 2.24) is 9.13 Å². The average molecular weight is 263 g/mol. The van der Waals surface area contributed by atoms with E-state index in [9.17, 15) is 9.18 Å². The molecule has 0 amide bonds. The highest BCUT2D eigenvalue weighted by Crippen LogP contribution is 2.12. The van der Waals surface area contributed by atoms with Gasteiger partial charge in [0.2, 0.25) is 0 Å². The molecular formula is C14H18FN3O. The van der Waals surface area contributed by atoms with Crippen molar-refractivity contribution in [2.45, 2.75) is 33.0 Å². The van der Waals surface area contributed by atoms with Gasteiger partial charge in [-0.2, -0.15) is 0 Å². The van der Waals surface area contributed by atoms with Gasteiger partial charge in [0.1, 0.15) is 5.82 Å². The number of aromatic nitrogens is 2. The highest BCUT2D eigenvalue weighted by molar-refractivity contribution is 5.28. The predicted octanol–water partition coefficient (Wildman–Crippen LogP) is 1.88. The minimum atomic E-state index is -0.316. The molecule has 2 aromatic rings. The fourth-order valence-electron chi connectivity index (χ4n) is 2.07. The normalized spacial score (nSPS) is 11.2. The maximum Gasteiger partial charge on any atom is 0.328 e. The van der Waals surface area contributed by atoms with Crippen molar-refractivity contribution in [3.8, 4) is 0 Å². The van der Waals surface area contributed by atoms with Crippen molar-refractivity contribution in [2.24, 2.45) is 5.73 Å². The summed E-state index contributed by atoms with van der Waals surface area (Å²) in [5.41, 5.74) is 7.13. The molecule has 1 aromatic heterocycles. The molecule has 0 saturated carbocycles. The number of hydrogen-bond acceptors (Lipinski definition) is 2. The third-order valence-corrected chi connectivity index (χ3v) is 3.16. The maximum atomic E-state index is 13.3. The summed E-state index contributed by atoms with van der Waals surface area (Å²) in [6, 6.07) is 4.58. The molecule has 0 aliphatic heterocycles. The lowest BCUT2D eigenvalue weighted by Crippen LogP contribution is -2.26. The molecule has 5 heteroatoms. The molecule has 0 radical (unpaired) electrons. The first-order chi connectivity index (χ1) is 9.02. The van der Waals surface area contributed by atoms with E-state index in [-0.39, 0.29) is 17.5 Å². The van der Waals surface area contributed by atoms with Crippen LogP contribution in [0.2, 0.25) is 0 Å². The van der Waals surface area contributed by atoms with E-state index in [1.165, 1.54) is 12.1 Å². The van der Waals surface area contributed by atoms with Gasteiger partial charge in [-0.3, -0.25) is 9.13 Å². The summed E-state index contributed by atoms with van der Waals surface area (Å²) in [5.74, 6) is -0.316. The summed E-state index contributed by atoms with van der Waals surface area (Å²) in [5, 5.41) is 0. The van der Waals surface area contributed by atoms with E-state index in [2.05, 4.69) is 0 Å². The zero-order valence-corrected chi connectivity index (χ0v) is 11.1. The average Bonchev–Trinajstić information content (AvgIpc) is 2.71. The van der Waals surface area contributed by atoms with E-state index in [4.69, 9.17) is 5.73 Å². The Hall–Kier alpha value is -1.88. The number of nitrogens with two attached hydrogens (primary N) is 1. The minimum Gasteiger partial charge on any atom is -0.326 e. The van der Waals surface area contributed by atoms with Crippen LogP contribution >= 0.6 is 0 Å². The van der Waals surface area contributed by atoms with Crippen LogP contribution in [0.5, 0.6) is 0 Å². The number of imidazole rings is 1. The van der Waals surface area contributed by atoms with Gasteiger partial charge >= 0.3 is 5.69 Å². The largest absolute Gasteiger partial charge is 0.328 e. The van der Waals surface area contributed by atoms with Crippen LogP contribution in [0.15, 0.2) is 35.4 Å². The number of benzene rings is 1. The lowest BCUT2D eigenvalue weighted by molar-refractivity contribution is 0.559. The summed E-state index contributed by atoms with van der Waals surface area (Å²) >= 11 is 0. The van der Waals surface area contributed by atoms with Crippen LogP contribution in [0.3, 0.4) is 0 Å². The van der Waals surface area contributed by atoms with E-state index < -0.39 is 0 Å². The Balaban J connectivity index is 2.36. The summed E-state index contributed by atoms with van der Waals surface area (Å²) in [7, 11) is 0. The third-order valence-electron chi connectivity index (χ3n) is 3.16. The number of nitrogens with zero attached hydrogens (tertiary/aromatic N) is 2. The maximum absolute atomic E-state index is 13.3. The van der Waals surface area contributed by atoms with Gasteiger partial charge in [-0.15, -0.1) is 0 Å². The molecular weight excluding hydrogens is 245 g/mol. The van der Waals surface area contributed by atoms with Crippen LogP contribution < -0.4 is 11.4 Å². The zero-order chi connectivity index (χ0) is 14.0. The Morgan fingerprint density at radius 1 is 1.26 bits per heavy atom. The van der Waals surface area contributed by atoms with Gasteiger partial charge in [0.25, 0.3) is 0 Å². The molecule has 0 atom stereocenters. The van der Waals surface area contributed by atoms with Crippen molar-refractivity contribution >= 4 is 0 Å². The Morgan fingerprint density at radius 2 is 2.00 bits per heavy atom. The molecule has 0 unspecified atom stereocenters. The van der Waals surface area contributed by atoms with Crippen LogP contribution in [-0.4, -0.2) is 9.13 Å². The first kappa shape index (κ1) is 13.5. The van der Waals surface area contributed by atoms with Crippen molar-refractivity contribution in [3.05, 3.63) is 58.0 Å². The topological polar surface area (TPSA) is 52.9 Å². The van der Waals surface area contributed by atoms with Crippen LogP contribution in [0.4, 0.5) is 4.39 Å². The van der Waals surface area contributed by atoms with Crippen molar-refractivity contribution < 1.29 is 4.39 Å². The molecule has 1 aromatic carbocycles. The lowest BCUT2D eigenvalue weighted by Gasteiger charge is -2.09. The smallest absolute Gasteiger partial charge is 0.326 e. The van der Waals surface area contributed by atoms with Crippen LogP contribution in [0, 0.1) is 5.82 Å². The highest BCUT2D eigenvalue weighted by Gasteiger charge is 2.09. The third kappa shape index (κ3) is 2.76. The second kappa shape index (κ2) is 5.40. The first-order valence-electron chi connectivity index (χ1n) is 6.27. The summed E-state index contributed by atoms with van der Waals surface area (Å²) < 4.78 is 16.5. The van der Waals surface area contributed by atoms with Gasteiger partial charge in [0.05, 0.1) is 6.54 Å². The summed E-state index contributed by atoms with van der Waals surface area (Å²) in [4.78, 5) is 12.1. The monoisotopic (exact) mass is 263 g/mol. The molecule has 0 fully saturated rings. The molecule has 0 aliphatic rings. The molecule has 2 rings (SSSR count). The Morgan fingerprint density at radius 3 is 2.58 bits per heavy atom. The van der Waals surface area contributed by atoms with Gasteiger partial charge in [-0.25, -0.2) is 9.18 Å².